The highest BCUT2D eigenvalue weighted by Crippen LogP contribution is 2.29. The smallest absolute Gasteiger partial charge is 0.254 e. The van der Waals surface area contributed by atoms with Crippen molar-refractivity contribution in [2.45, 2.75) is 11.8 Å². The van der Waals surface area contributed by atoms with Crippen LogP contribution in [0.4, 0.5) is 0 Å². The number of hydrogen-bond acceptors (Lipinski definition) is 2. The zero-order valence-electron chi connectivity index (χ0n) is 11.4. The van der Waals surface area contributed by atoms with Gasteiger partial charge in [-0.3, -0.25) is 4.79 Å². The first-order valence-electron chi connectivity index (χ1n) is 6.37. The van der Waals surface area contributed by atoms with Crippen LogP contribution < -0.4 is 5.32 Å². The van der Waals surface area contributed by atoms with E-state index in [1.54, 1.807) is 0 Å². The minimum Gasteiger partial charge on any atom is -0.336 e. The molecule has 0 radical (unpaired) electrons. The minimum atomic E-state index is -0.0928. The van der Waals surface area contributed by atoms with Crippen molar-refractivity contribution in [2.24, 2.45) is 0 Å². The monoisotopic (exact) mass is 266 g/mol. The predicted molar refractivity (Wildman–Crippen MR) is 79.1 cm³/mol. The molecule has 1 heterocycles. The van der Waals surface area contributed by atoms with Gasteiger partial charge in [-0.15, -0.1) is 0 Å². The molecule has 0 saturated carbocycles. The molecule has 1 aromatic carbocycles. The second-order valence-corrected chi connectivity index (χ2v) is 7.24. The second-order valence-electron chi connectivity index (χ2n) is 4.94. The van der Waals surface area contributed by atoms with Crippen LogP contribution in [0.2, 0.25) is 0 Å². The van der Waals surface area contributed by atoms with Gasteiger partial charge in [-0.2, -0.15) is 0 Å². The molecular weight excluding hydrogens is 244 g/mol. The lowest BCUT2D eigenvalue weighted by atomic mass is 10.1. The molecule has 0 bridgehead atoms. The molecule has 0 aromatic heterocycles. The summed E-state index contributed by atoms with van der Waals surface area (Å²) < 4.78 is 0. The Morgan fingerprint density at radius 2 is 1.94 bits per heavy atom. The van der Waals surface area contributed by atoms with E-state index in [9.17, 15) is 4.79 Å². The molecule has 1 saturated heterocycles. The second kappa shape index (κ2) is 5.76. The van der Waals surface area contributed by atoms with Gasteiger partial charge >= 0.3 is 0 Å². The SMILES string of the molecule is Cc1cc([SH](C)C)ccc1C(=O)N1CCNCC1. The van der Waals surface area contributed by atoms with E-state index in [0.29, 0.717) is 0 Å². The molecule has 1 aliphatic rings. The predicted octanol–water partition coefficient (Wildman–Crippen LogP) is 1.66. The van der Waals surface area contributed by atoms with Gasteiger partial charge in [0.05, 0.1) is 0 Å². The molecule has 1 N–H and O–H groups in total. The van der Waals surface area contributed by atoms with E-state index >= 15 is 0 Å². The Morgan fingerprint density at radius 1 is 1.28 bits per heavy atom. The largest absolute Gasteiger partial charge is 0.336 e. The van der Waals surface area contributed by atoms with Crippen LogP contribution in [0, 0.1) is 6.92 Å². The number of nitrogens with one attached hydrogen (secondary N) is 1. The Labute approximate surface area is 112 Å². The van der Waals surface area contributed by atoms with Crippen molar-refractivity contribution in [3.05, 3.63) is 29.3 Å². The number of rotatable bonds is 2. The van der Waals surface area contributed by atoms with Crippen LogP contribution in [0.3, 0.4) is 0 Å². The van der Waals surface area contributed by atoms with Crippen molar-refractivity contribution in [3.8, 4) is 0 Å². The first-order valence-corrected chi connectivity index (χ1v) is 8.61. The number of carbonyl (C=O) groups excluding carboxylic acids is 1. The van der Waals surface area contributed by atoms with Gasteiger partial charge in [0.1, 0.15) is 0 Å². The van der Waals surface area contributed by atoms with Crippen LogP contribution in [0.5, 0.6) is 0 Å². The zero-order chi connectivity index (χ0) is 13.1. The molecule has 0 unspecified atom stereocenters. The molecule has 1 amide bonds. The van der Waals surface area contributed by atoms with Crippen molar-refractivity contribution in [1.82, 2.24) is 10.2 Å². The van der Waals surface area contributed by atoms with E-state index in [0.717, 1.165) is 37.3 Å². The maximum absolute atomic E-state index is 12.4. The highest BCUT2D eigenvalue weighted by Gasteiger charge is 2.19. The fraction of sp³-hybridized carbons (Fsp3) is 0.500. The van der Waals surface area contributed by atoms with E-state index < -0.39 is 0 Å². The van der Waals surface area contributed by atoms with E-state index in [1.165, 1.54) is 4.90 Å². The Bertz CT molecular complexity index is 439. The van der Waals surface area contributed by atoms with Crippen LogP contribution >= 0.6 is 10.9 Å². The minimum absolute atomic E-state index is 0.0928. The Balaban J connectivity index is 2.19. The van der Waals surface area contributed by atoms with Gasteiger partial charge in [-0.1, -0.05) is 0 Å². The Kier molecular flexibility index (Phi) is 4.30. The lowest BCUT2D eigenvalue weighted by molar-refractivity contribution is 0.0735. The summed E-state index contributed by atoms with van der Waals surface area (Å²) in [5, 5.41) is 3.27. The number of carbonyl (C=O) groups is 1. The zero-order valence-corrected chi connectivity index (χ0v) is 12.3. The van der Waals surface area contributed by atoms with Crippen LogP contribution in [0.15, 0.2) is 23.1 Å². The summed E-state index contributed by atoms with van der Waals surface area (Å²) in [6.07, 6.45) is 4.48. The average Bonchev–Trinajstić information content (AvgIpc) is 2.38. The van der Waals surface area contributed by atoms with Crippen LogP contribution in [0.25, 0.3) is 0 Å². The van der Waals surface area contributed by atoms with Crippen molar-refractivity contribution >= 4 is 16.8 Å². The van der Waals surface area contributed by atoms with Gasteiger partial charge in [-0.05, 0) is 48.1 Å². The summed E-state index contributed by atoms with van der Waals surface area (Å²) in [4.78, 5) is 15.7. The number of aryl methyl sites for hydroxylation is 1. The van der Waals surface area contributed by atoms with Gasteiger partial charge in [0.15, 0.2) is 0 Å². The lowest BCUT2D eigenvalue weighted by Gasteiger charge is -2.28. The highest BCUT2D eigenvalue weighted by molar-refractivity contribution is 8.15. The summed E-state index contributed by atoms with van der Waals surface area (Å²) in [6.45, 7) is 5.47. The average molecular weight is 266 g/mol. The number of hydrogen-bond donors (Lipinski definition) is 2. The molecule has 0 aliphatic carbocycles. The standard InChI is InChI=1S/C14H22N2OS/c1-11-10-12(18(2)3)4-5-13(11)14(17)16-8-6-15-7-9-16/h4-5,10,15,18H,6-9H2,1-3H3. The van der Waals surface area contributed by atoms with E-state index in [-0.39, 0.29) is 16.8 Å². The van der Waals surface area contributed by atoms with E-state index in [1.807, 2.05) is 17.9 Å². The third kappa shape index (κ3) is 2.87. The summed E-state index contributed by atoms with van der Waals surface area (Å²) in [5.41, 5.74) is 1.96. The lowest BCUT2D eigenvalue weighted by Crippen LogP contribution is -2.46. The summed E-state index contributed by atoms with van der Waals surface area (Å²) in [5.74, 6) is 0.178. The first kappa shape index (κ1) is 13.4. The molecule has 18 heavy (non-hydrogen) atoms. The first-order chi connectivity index (χ1) is 8.59. The normalized spacial score (nSPS) is 16.6. The fourth-order valence-electron chi connectivity index (χ4n) is 2.20. The van der Waals surface area contributed by atoms with Crippen molar-refractivity contribution < 1.29 is 4.79 Å². The summed E-state index contributed by atoms with van der Waals surface area (Å²) >= 11 is 0. The maximum atomic E-state index is 12.4. The number of benzene rings is 1. The maximum Gasteiger partial charge on any atom is 0.254 e. The number of nitrogens with zero attached hydrogens (tertiary/aromatic N) is 1. The van der Waals surface area contributed by atoms with Crippen molar-refractivity contribution in [2.75, 3.05) is 38.7 Å². The van der Waals surface area contributed by atoms with Gasteiger partial charge in [-0.25, -0.2) is 10.9 Å². The van der Waals surface area contributed by atoms with Gasteiger partial charge in [0.2, 0.25) is 0 Å². The fourth-order valence-corrected chi connectivity index (χ4v) is 3.03. The third-order valence-corrected chi connectivity index (χ3v) is 4.67. The van der Waals surface area contributed by atoms with Crippen molar-refractivity contribution in [1.29, 1.82) is 0 Å². The quantitative estimate of drug-likeness (QED) is 0.798. The van der Waals surface area contributed by atoms with Crippen LogP contribution in [-0.4, -0.2) is 49.5 Å². The molecule has 0 atom stereocenters. The summed E-state index contributed by atoms with van der Waals surface area (Å²) in [6, 6.07) is 6.27. The van der Waals surface area contributed by atoms with E-state index in [2.05, 4.69) is 30.0 Å². The molecule has 100 valence electrons. The molecular formula is C14H22N2OS. The topological polar surface area (TPSA) is 32.3 Å². The molecule has 2 rings (SSSR count). The highest BCUT2D eigenvalue weighted by atomic mass is 32.2. The molecule has 4 heteroatoms. The van der Waals surface area contributed by atoms with Crippen LogP contribution in [-0.2, 0) is 0 Å². The molecule has 1 aliphatic heterocycles. The number of amides is 1. The van der Waals surface area contributed by atoms with Gasteiger partial charge in [0, 0.05) is 31.7 Å². The van der Waals surface area contributed by atoms with Crippen molar-refractivity contribution in [3.63, 3.8) is 0 Å². The molecule has 1 fully saturated rings. The Morgan fingerprint density at radius 3 is 2.50 bits per heavy atom. The van der Waals surface area contributed by atoms with E-state index in [4.69, 9.17) is 0 Å². The third-order valence-electron chi connectivity index (χ3n) is 3.36. The Hall–Kier alpha value is -1.00. The molecule has 0 spiro atoms. The van der Waals surface area contributed by atoms with Crippen LogP contribution in [0.1, 0.15) is 15.9 Å². The van der Waals surface area contributed by atoms with Gasteiger partial charge < -0.3 is 10.2 Å². The van der Waals surface area contributed by atoms with Gasteiger partial charge in [0.25, 0.3) is 5.91 Å². The summed E-state index contributed by atoms with van der Waals surface area (Å²) in [7, 11) is -0.0928. The number of piperazine rings is 1. The number of thiol groups is 1. The molecule has 1 aromatic rings. The molecule has 3 nitrogen and oxygen atoms in total.